The van der Waals surface area contributed by atoms with Gasteiger partial charge in [-0.15, -0.1) is 10.2 Å². The van der Waals surface area contributed by atoms with Gasteiger partial charge in [0.2, 0.25) is 0 Å². The van der Waals surface area contributed by atoms with Crippen LogP contribution < -0.4 is 18.6 Å². The summed E-state index contributed by atoms with van der Waals surface area (Å²) in [5.41, 5.74) is 1.54. The summed E-state index contributed by atoms with van der Waals surface area (Å²) < 4.78 is 34.0. The molecule has 0 radical (unpaired) electrons. The summed E-state index contributed by atoms with van der Waals surface area (Å²) in [7, 11) is -4.97. The molecule has 158 valence electrons. The molecule has 4 rings (SSSR count). The zero-order valence-electron chi connectivity index (χ0n) is 16.6. The lowest BCUT2D eigenvalue weighted by molar-refractivity contribution is -2.00. The van der Waals surface area contributed by atoms with Gasteiger partial charge in [-0.1, -0.05) is 67.8 Å². The first-order valence-electron chi connectivity index (χ1n) is 9.98. The van der Waals surface area contributed by atoms with Gasteiger partial charge in [0.05, 0.1) is 10.9 Å². The molecule has 0 aliphatic heterocycles. The first-order chi connectivity index (χ1) is 14.4. The van der Waals surface area contributed by atoms with Gasteiger partial charge in [0, 0.05) is 0 Å². The first-order valence-corrected chi connectivity index (χ1v) is 12.4. The van der Waals surface area contributed by atoms with Gasteiger partial charge in [-0.05, 0) is 60.7 Å². The Kier molecular flexibility index (Phi) is 8.33. The molecule has 0 aromatic heterocycles. The van der Waals surface area contributed by atoms with E-state index >= 15 is 0 Å². The smallest absolute Gasteiger partial charge is 0.166 e. The number of halogens is 1. The van der Waals surface area contributed by atoms with Crippen molar-refractivity contribution in [3.63, 3.8) is 0 Å². The molecule has 3 aromatic carbocycles. The second-order valence-electron chi connectivity index (χ2n) is 7.21. The Bertz CT molecular complexity index is 831. The van der Waals surface area contributed by atoms with E-state index in [1.54, 1.807) is 0 Å². The molecule has 30 heavy (non-hydrogen) atoms. The van der Waals surface area contributed by atoms with Crippen molar-refractivity contribution in [3.05, 3.63) is 90.5 Å². The highest BCUT2D eigenvalue weighted by Crippen LogP contribution is 2.35. The fourth-order valence-electron chi connectivity index (χ4n) is 3.83. The molecule has 1 saturated carbocycles. The van der Waals surface area contributed by atoms with Crippen LogP contribution in [-0.2, 0) is 10.9 Å². The van der Waals surface area contributed by atoms with Gasteiger partial charge in [-0.25, -0.2) is 18.6 Å². The van der Waals surface area contributed by atoms with Crippen LogP contribution in [0.1, 0.15) is 43.6 Å². The topological polar surface area (TPSA) is 92.2 Å². The van der Waals surface area contributed by atoms with Crippen molar-refractivity contribution in [2.75, 3.05) is 0 Å². The summed E-state index contributed by atoms with van der Waals surface area (Å²) in [6.07, 6.45) is 6.93. The lowest BCUT2D eigenvalue weighted by atomic mass is 9.84. The van der Waals surface area contributed by atoms with E-state index in [9.17, 15) is 0 Å². The molecule has 0 saturated heterocycles. The third-order valence-corrected chi connectivity index (χ3v) is 7.38. The maximum Gasteiger partial charge on any atom is 0.166 e. The summed E-state index contributed by atoms with van der Waals surface area (Å²) in [6.45, 7) is 0. The summed E-state index contributed by atoms with van der Waals surface area (Å²) in [4.78, 5) is 4.19. The highest BCUT2D eigenvalue weighted by Gasteiger charge is 2.28. The predicted octanol–water partition coefficient (Wildman–Crippen LogP) is 2.07. The van der Waals surface area contributed by atoms with Crippen LogP contribution in [0, 0.1) is 10.2 Å². The zero-order valence-corrected chi connectivity index (χ0v) is 18.2. The van der Waals surface area contributed by atoms with E-state index in [-0.39, 0.29) is 10.9 Å². The number of hydrogen-bond donors (Lipinski definition) is 0. The van der Waals surface area contributed by atoms with Crippen LogP contribution in [-0.4, -0.2) is 0 Å². The number of benzene rings is 3. The average molecular weight is 445 g/mol. The molecule has 1 aliphatic rings. The zero-order chi connectivity index (χ0) is 21.4. The van der Waals surface area contributed by atoms with Crippen LogP contribution in [0.4, 0.5) is 0 Å². The summed E-state index contributed by atoms with van der Waals surface area (Å²) in [5.74, 6) is 0.776. The van der Waals surface area contributed by atoms with Crippen molar-refractivity contribution in [3.8, 4) is 0 Å². The van der Waals surface area contributed by atoms with Crippen LogP contribution in [0.2, 0.25) is 0 Å². The second kappa shape index (κ2) is 11.0. The average Bonchev–Trinajstić information content (AvgIpc) is 2.76. The van der Waals surface area contributed by atoms with Gasteiger partial charge in [0.15, 0.2) is 14.7 Å². The van der Waals surface area contributed by atoms with Crippen LogP contribution in [0.3, 0.4) is 0 Å². The standard InChI is InChI=1S/C24H25S.ClHO4/c1-4-10-20(11-5-1)21-16-18-24(19-17-21)25(22-12-6-2-7-13-22)23-14-8-3-9-15-23;2-1(3,4)5/h2-3,6-9,12-20H,1,4-5,10-11H2;(H,2,3,4,5)/q+1;/p-1. The SMILES string of the molecule is [O-][Cl+3]([O-])([O-])[O-].c1ccc([S+](c2ccccc2)c2ccc(C3CCCCC3)cc2)cc1. The molecular weight excluding hydrogens is 420 g/mol. The maximum atomic E-state index is 8.49. The number of rotatable bonds is 4. The van der Waals surface area contributed by atoms with Gasteiger partial charge in [0.1, 0.15) is 0 Å². The van der Waals surface area contributed by atoms with Crippen LogP contribution in [0.25, 0.3) is 0 Å². The van der Waals surface area contributed by atoms with Gasteiger partial charge >= 0.3 is 0 Å². The Labute approximate surface area is 182 Å². The van der Waals surface area contributed by atoms with E-state index in [1.807, 2.05) is 0 Å². The van der Waals surface area contributed by atoms with Crippen molar-refractivity contribution in [1.29, 1.82) is 0 Å². The van der Waals surface area contributed by atoms with Gasteiger partial charge in [0.25, 0.3) is 0 Å². The monoisotopic (exact) mass is 444 g/mol. The van der Waals surface area contributed by atoms with Gasteiger partial charge in [-0.3, -0.25) is 0 Å². The van der Waals surface area contributed by atoms with Crippen molar-refractivity contribution in [2.45, 2.75) is 52.7 Å². The minimum Gasteiger partial charge on any atom is -0.222 e. The van der Waals surface area contributed by atoms with Gasteiger partial charge < -0.3 is 0 Å². The Balaban J connectivity index is 0.000000461. The summed E-state index contributed by atoms with van der Waals surface area (Å²) in [6, 6.07) is 31.3. The predicted molar refractivity (Wildman–Crippen MR) is 107 cm³/mol. The molecule has 3 aromatic rings. The van der Waals surface area contributed by atoms with Crippen LogP contribution >= 0.6 is 0 Å². The summed E-state index contributed by atoms with van der Waals surface area (Å²) >= 11 is 0. The van der Waals surface area contributed by atoms with Crippen LogP contribution in [0.5, 0.6) is 0 Å². The molecule has 0 N–H and O–H groups in total. The van der Waals surface area contributed by atoms with E-state index in [2.05, 4.69) is 84.9 Å². The van der Waals surface area contributed by atoms with Crippen molar-refractivity contribution in [2.24, 2.45) is 0 Å². The minimum absolute atomic E-state index is 0.0278. The lowest BCUT2D eigenvalue weighted by Gasteiger charge is -2.22. The second-order valence-corrected chi connectivity index (χ2v) is 10.00. The normalized spacial score (nSPS) is 14.8. The molecule has 0 amide bonds. The Morgan fingerprint density at radius 2 is 0.967 bits per heavy atom. The quantitative estimate of drug-likeness (QED) is 0.576. The summed E-state index contributed by atoms with van der Waals surface area (Å²) in [5, 5.41) is 0. The Morgan fingerprint density at radius 3 is 1.40 bits per heavy atom. The van der Waals surface area contributed by atoms with Crippen molar-refractivity contribution in [1.82, 2.24) is 0 Å². The molecule has 1 fully saturated rings. The third-order valence-electron chi connectivity index (χ3n) is 5.15. The van der Waals surface area contributed by atoms with Crippen LogP contribution in [0.15, 0.2) is 99.6 Å². The molecule has 0 unspecified atom stereocenters. The lowest BCUT2D eigenvalue weighted by Crippen LogP contribution is -2.68. The van der Waals surface area contributed by atoms with E-state index in [0.29, 0.717) is 0 Å². The largest absolute Gasteiger partial charge is 0.222 e. The molecule has 4 nitrogen and oxygen atoms in total. The molecule has 0 bridgehead atoms. The first kappa shape index (κ1) is 22.8. The molecule has 6 heteroatoms. The molecular formula is C24H25ClO4S. The molecule has 0 atom stereocenters. The van der Waals surface area contributed by atoms with E-state index in [0.717, 1.165) is 5.92 Å². The van der Waals surface area contributed by atoms with E-state index in [1.165, 1.54) is 52.4 Å². The maximum absolute atomic E-state index is 8.49. The third kappa shape index (κ3) is 7.13. The van der Waals surface area contributed by atoms with Crippen molar-refractivity contribution < 1.29 is 28.9 Å². The number of hydrogen-bond acceptors (Lipinski definition) is 4. The fourth-order valence-corrected chi connectivity index (χ4v) is 5.92. The van der Waals surface area contributed by atoms with Crippen molar-refractivity contribution >= 4 is 10.9 Å². The Hall–Kier alpha value is -1.86. The Morgan fingerprint density at radius 1 is 0.567 bits per heavy atom. The van der Waals surface area contributed by atoms with E-state index in [4.69, 9.17) is 18.6 Å². The molecule has 0 heterocycles. The van der Waals surface area contributed by atoms with Gasteiger partial charge in [-0.2, -0.15) is 0 Å². The minimum atomic E-state index is -4.94. The highest BCUT2D eigenvalue weighted by molar-refractivity contribution is 7.97. The highest BCUT2D eigenvalue weighted by atomic mass is 35.7. The molecule has 0 spiro atoms. The molecule has 1 aliphatic carbocycles. The van der Waals surface area contributed by atoms with E-state index < -0.39 is 10.2 Å². The fraction of sp³-hybridized carbons (Fsp3) is 0.250.